The Kier molecular flexibility index (Phi) is 9.64. The minimum atomic E-state index is -0.522. The number of hydrogen-bond acceptors (Lipinski definition) is 7. The number of likely N-dealkylation sites (N-methyl/N-ethyl adjacent to an activating group) is 1. The van der Waals surface area contributed by atoms with E-state index >= 15 is 0 Å². The van der Waals surface area contributed by atoms with E-state index in [0.717, 1.165) is 39.8 Å². The number of nitrogens with zero attached hydrogens (tertiary/aromatic N) is 2. The Morgan fingerprint density at radius 3 is 2.34 bits per heavy atom. The van der Waals surface area contributed by atoms with Gasteiger partial charge in [0.2, 0.25) is 5.91 Å². The van der Waals surface area contributed by atoms with Crippen molar-refractivity contribution in [3.63, 3.8) is 0 Å². The van der Waals surface area contributed by atoms with Gasteiger partial charge in [0, 0.05) is 16.7 Å². The number of halogens is 1. The van der Waals surface area contributed by atoms with E-state index in [4.69, 9.17) is 4.74 Å². The summed E-state index contributed by atoms with van der Waals surface area (Å²) < 4.78 is 6.20. The van der Waals surface area contributed by atoms with Crippen LogP contribution in [0, 0.1) is 0 Å². The van der Waals surface area contributed by atoms with Gasteiger partial charge >= 0.3 is 5.97 Å². The monoisotopic (exact) mass is 559 g/mol. The maximum Gasteiger partial charge on any atom is 0.338 e. The molecule has 1 aliphatic rings. The van der Waals surface area contributed by atoms with E-state index in [-0.39, 0.29) is 4.91 Å². The molecule has 184 valence electrons. The molecule has 3 amide bonds. The Balaban J connectivity index is 1.52. The summed E-state index contributed by atoms with van der Waals surface area (Å²) in [6.45, 7) is 6.43. The predicted octanol–water partition coefficient (Wildman–Crippen LogP) is 4.62. The number of imide groups is 1. The first-order chi connectivity index (χ1) is 16.8. The van der Waals surface area contributed by atoms with Crippen molar-refractivity contribution in [2.24, 2.45) is 0 Å². The Bertz CT molecular complexity index is 1110. The number of rotatable bonds is 10. The van der Waals surface area contributed by atoms with Gasteiger partial charge in [0.1, 0.15) is 13.2 Å². The van der Waals surface area contributed by atoms with Crippen molar-refractivity contribution in [1.29, 1.82) is 0 Å². The summed E-state index contributed by atoms with van der Waals surface area (Å²) in [5.41, 5.74) is 1.58. The lowest BCUT2D eigenvalue weighted by Crippen LogP contribution is -2.36. The van der Waals surface area contributed by atoms with Gasteiger partial charge in [-0.3, -0.25) is 19.3 Å². The van der Waals surface area contributed by atoms with Gasteiger partial charge in [-0.25, -0.2) is 4.79 Å². The van der Waals surface area contributed by atoms with Crippen LogP contribution in [0.3, 0.4) is 0 Å². The Hall–Kier alpha value is -2.95. The first kappa shape index (κ1) is 26.7. The van der Waals surface area contributed by atoms with Gasteiger partial charge in [-0.2, -0.15) is 0 Å². The quantitative estimate of drug-likeness (QED) is 0.335. The zero-order valence-electron chi connectivity index (χ0n) is 19.5. The molecule has 1 N–H and O–H groups in total. The SMILES string of the molecule is CCN(CC)CCOC(=O)c1ccc(NC(=O)CN2C(=O)S/C(=C\c3ccc(Br)cc3)C2=O)cc1. The van der Waals surface area contributed by atoms with E-state index in [2.05, 4.69) is 26.1 Å². The topological polar surface area (TPSA) is 96.0 Å². The second kappa shape index (κ2) is 12.7. The highest BCUT2D eigenvalue weighted by Gasteiger charge is 2.36. The highest BCUT2D eigenvalue weighted by molar-refractivity contribution is 9.10. The first-order valence-electron chi connectivity index (χ1n) is 11.1. The normalized spacial score (nSPS) is 14.6. The average Bonchev–Trinajstić information content (AvgIpc) is 3.10. The van der Waals surface area contributed by atoms with Crippen molar-refractivity contribution in [3.8, 4) is 0 Å². The Labute approximate surface area is 216 Å². The molecule has 1 aliphatic heterocycles. The maximum atomic E-state index is 12.6. The lowest BCUT2D eigenvalue weighted by Gasteiger charge is -2.17. The molecule has 1 heterocycles. The largest absolute Gasteiger partial charge is 0.461 e. The van der Waals surface area contributed by atoms with Gasteiger partial charge in [-0.05, 0) is 72.9 Å². The lowest BCUT2D eigenvalue weighted by atomic mass is 10.2. The number of thioether (sulfide) groups is 1. The molecule has 0 aromatic heterocycles. The van der Waals surface area contributed by atoms with Crippen LogP contribution in [0.2, 0.25) is 0 Å². The van der Waals surface area contributed by atoms with Crippen LogP contribution in [0.4, 0.5) is 10.5 Å². The molecule has 3 rings (SSSR count). The van der Waals surface area contributed by atoms with Crippen molar-refractivity contribution in [2.45, 2.75) is 13.8 Å². The van der Waals surface area contributed by atoms with Crippen LogP contribution >= 0.6 is 27.7 Å². The van der Waals surface area contributed by atoms with Crippen LogP contribution in [0.5, 0.6) is 0 Å². The van der Waals surface area contributed by atoms with Gasteiger partial charge in [0.15, 0.2) is 0 Å². The third kappa shape index (κ3) is 7.51. The summed E-state index contributed by atoms with van der Waals surface area (Å²) in [5.74, 6) is -1.47. The fraction of sp³-hybridized carbons (Fsp3) is 0.280. The molecule has 2 aromatic rings. The molecule has 1 fully saturated rings. The minimum Gasteiger partial charge on any atom is -0.461 e. The van der Waals surface area contributed by atoms with E-state index in [1.165, 1.54) is 0 Å². The van der Waals surface area contributed by atoms with Gasteiger partial charge in [-0.1, -0.05) is 41.9 Å². The van der Waals surface area contributed by atoms with E-state index in [9.17, 15) is 19.2 Å². The van der Waals surface area contributed by atoms with Gasteiger partial charge in [0.05, 0.1) is 10.5 Å². The zero-order chi connectivity index (χ0) is 25.4. The predicted molar refractivity (Wildman–Crippen MR) is 140 cm³/mol. The van der Waals surface area contributed by atoms with Crippen molar-refractivity contribution >= 4 is 62.5 Å². The second-order valence-electron chi connectivity index (χ2n) is 7.61. The third-order valence-corrected chi connectivity index (χ3v) is 6.72. The number of ether oxygens (including phenoxy) is 1. The molecule has 0 saturated carbocycles. The number of benzene rings is 2. The molecule has 0 bridgehead atoms. The number of amides is 3. The summed E-state index contributed by atoms with van der Waals surface area (Å²) in [6, 6.07) is 13.5. The third-order valence-electron chi connectivity index (χ3n) is 5.28. The number of nitrogens with one attached hydrogen (secondary N) is 1. The fourth-order valence-corrected chi connectivity index (χ4v) is 4.37. The molecular weight excluding hydrogens is 534 g/mol. The van der Waals surface area contributed by atoms with E-state index < -0.39 is 29.6 Å². The van der Waals surface area contributed by atoms with Crippen molar-refractivity contribution in [3.05, 3.63) is 69.0 Å². The van der Waals surface area contributed by atoms with Gasteiger partial charge < -0.3 is 15.0 Å². The van der Waals surface area contributed by atoms with E-state index in [1.807, 2.05) is 38.1 Å². The molecule has 0 atom stereocenters. The number of esters is 1. The molecule has 35 heavy (non-hydrogen) atoms. The molecular formula is C25H26BrN3O5S. The van der Waals surface area contributed by atoms with Crippen molar-refractivity contribution in [1.82, 2.24) is 9.80 Å². The van der Waals surface area contributed by atoms with Crippen molar-refractivity contribution in [2.75, 3.05) is 38.1 Å². The summed E-state index contributed by atoms with van der Waals surface area (Å²) in [4.78, 5) is 52.9. The maximum absolute atomic E-state index is 12.6. The molecule has 0 unspecified atom stereocenters. The smallest absolute Gasteiger partial charge is 0.338 e. The highest BCUT2D eigenvalue weighted by atomic mass is 79.9. The molecule has 8 nitrogen and oxygen atoms in total. The lowest BCUT2D eigenvalue weighted by molar-refractivity contribution is -0.127. The van der Waals surface area contributed by atoms with Crippen LogP contribution in [0.15, 0.2) is 57.9 Å². The Morgan fingerprint density at radius 2 is 1.71 bits per heavy atom. The molecule has 0 aliphatic carbocycles. The van der Waals surface area contributed by atoms with Gasteiger partial charge in [0.25, 0.3) is 11.1 Å². The van der Waals surface area contributed by atoms with Crippen LogP contribution in [0.25, 0.3) is 6.08 Å². The van der Waals surface area contributed by atoms with E-state index in [1.54, 1.807) is 30.3 Å². The zero-order valence-corrected chi connectivity index (χ0v) is 21.9. The molecule has 2 aromatic carbocycles. The Morgan fingerprint density at radius 1 is 1.06 bits per heavy atom. The number of hydrogen-bond donors (Lipinski definition) is 1. The van der Waals surface area contributed by atoms with Gasteiger partial charge in [-0.15, -0.1) is 0 Å². The number of carbonyl (C=O) groups is 4. The summed E-state index contributed by atoms with van der Waals surface area (Å²) >= 11 is 4.15. The minimum absolute atomic E-state index is 0.258. The van der Waals surface area contributed by atoms with Crippen LogP contribution in [-0.4, -0.2) is 65.6 Å². The second-order valence-corrected chi connectivity index (χ2v) is 9.52. The average molecular weight is 560 g/mol. The highest BCUT2D eigenvalue weighted by Crippen LogP contribution is 2.32. The molecule has 0 spiro atoms. The van der Waals surface area contributed by atoms with Crippen LogP contribution in [0.1, 0.15) is 29.8 Å². The van der Waals surface area contributed by atoms with E-state index in [0.29, 0.717) is 24.4 Å². The standard InChI is InChI=1S/C25H26BrN3O5S/c1-3-28(4-2)13-14-34-24(32)18-7-11-20(12-8-18)27-22(30)16-29-23(31)21(35-25(29)33)15-17-5-9-19(26)10-6-17/h5-12,15H,3-4,13-14,16H2,1-2H3,(H,27,30)/b21-15-. The van der Waals surface area contributed by atoms with Crippen LogP contribution in [-0.2, 0) is 14.3 Å². The summed E-state index contributed by atoms with van der Waals surface area (Å²) in [5, 5.41) is 2.14. The number of carbonyl (C=O) groups excluding carboxylic acids is 4. The first-order valence-corrected chi connectivity index (χ1v) is 12.7. The molecule has 0 radical (unpaired) electrons. The van der Waals surface area contributed by atoms with Crippen LogP contribution < -0.4 is 5.32 Å². The fourth-order valence-electron chi connectivity index (χ4n) is 3.27. The summed E-state index contributed by atoms with van der Waals surface area (Å²) in [7, 11) is 0. The summed E-state index contributed by atoms with van der Waals surface area (Å²) in [6.07, 6.45) is 1.62. The molecule has 1 saturated heterocycles. The molecule has 10 heteroatoms. The van der Waals surface area contributed by atoms with Crippen molar-refractivity contribution < 1.29 is 23.9 Å². The number of anilines is 1.